The summed E-state index contributed by atoms with van der Waals surface area (Å²) in [5.74, 6) is -0.187. The van der Waals surface area contributed by atoms with E-state index >= 15 is 0 Å². The van der Waals surface area contributed by atoms with Gasteiger partial charge in [0.25, 0.3) is 5.91 Å². The van der Waals surface area contributed by atoms with Gasteiger partial charge in [0.2, 0.25) is 11.8 Å². The molecule has 3 heterocycles. The average Bonchev–Trinajstić information content (AvgIpc) is 3.10. The standard InChI is InChI=1S/C27H33N5O5/c1-26(2,3)37-25(35)29-20(17-36-22-12-8-9-14-28-22)23(33)32-15-13-21-27(18-32,24(34)31(4)30-21)16-19-10-6-5-7-11-19/h5-12,14,20H,13,15-18H2,1-4H3,(H,29,35)/t20?,27-/m1/s1. The fraction of sp³-hybridized carbons (Fsp3) is 0.444. The Labute approximate surface area is 216 Å². The molecule has 1 aromatic carbocycles. The van der Waals surface area contributed by atoms with Crippen LogP contribution in [0.2, 0.25) is 0 Å². The van der Waals surface area contributed by atoms with Crippen molar-refractivity contribution in [2.45, 2.75) is 45.3 Å². The molecule has 37 heavy (non-hydrogen) atoms. The Morgan fingerprint density at radius 1 is 1.14 bits per heavy atom. The Balaban J connectivity index is 1.56. The van der Waals surface area contributed by atoms with E-state index in [1.807, 2.05) is 30.3 Å². The van der Waals surface area contributed by atoms with Gasteiger partial charge in [0.1, 0.15) is 23.7 Å². The zero-order valence-electron chi connectivity index (χ0n) is 21.6. The van der Waals surface area contributed by atoms with Crippen LogP contribution in [0.4, 0.5) is 4.79 Å². The molecule has 2 atom stereocenters. The average molecular weight is 508 g/mol. The van der Waals surface area contributed by atoms with Crippen molar-refractivity contribution in [2.24, 2.45) is 10.5 Å². The maximum Gasteiger partial charge on any atom is 0.408 e. The lowest BCUT2D eigenvalue weighted by Crippen LogP contribution is -2.60. The molecule has 10 nitrogen and oxygen atoms in total. The van der Waals surface area contributed by atoms with E-state index in [0.717, 1.165) is 11.3 Å². The lowest BCUT2D eigenvalue weighted by Gasteiger charge is -2.40. The van der Waals surface area contributed by atoms with E-state index in [4.69, 9.17) is 9.47 Å². The first-order valence-electron chi connectivity index (χ1n) is 12.3. The minimum absolute atomic E-state index is 0.147. The Morgan fingerprint density at radius 2 is 1.86 bits per heavy atom. The molecule has 4 rings (SSSR count). The van der Waals surface area contributed by atoms with Gasteiger partial charge >= 0.3 is 6.09 Å². The summed E-state index contributed by atoms with van der Waals surface area (Å²) in [6.45, 7) is 5.61. The Bertz CT molecular complexity index is 1160. The number of amides is 3. The molecule has 3 amide bonds. The Morgan fingerprint density at radius 3 is 2.54 bits per heavy atom. The van der Waals surface area contributed by atoms with E-state index in [1.54, 1.807) is 57.1 Å². The summed E-state index contributed by atoms with van der Waals surface area (Å²) in [5, 5.41) is 8.52. The molecule has 2 aliphatic heterocycles. The van der Waals surface area contributed by atoms with Crippen LogP contribution in [0.5, 0.6) is 5.88 Å². The Kier molecular flexibility index (Phi) is 7.47. The van der Waals surface area contributed by atoms with Gasteiger partial charge in [0, 0.05) is 38.8 Å². The second kappa shape index (κ2) is 10.6. The highest BCUT2D eigenvalue weighted by atomic mass is 16.6. The van der Waals surface area contributed by atoms with Crippen molar-refractivity contribution in [3.8, 4) is 5.88 Å². The summed E-state index contributed by atoms with van der Waals surface area (Å²) >= 11 is 0. The van der Waals surface area contributed by atoms with Crippen LogP contribution in [-0.2, 0) is 20.7 Å². The van der Waals surface area contributed by atoms with Gasteiger partial charge in [-0.2, -0.15) is 5.10 Å². The molecule has 2 aromatic rings. The highest BCUT2D eigenvalue weighted by molar-refractivity contribution is 6.13. The van der Waals surface area contributed by atoms with E-state index in [1.165, 1.54) is 5.01 Å². The second-order valence-corrected chi connectivity index (χ2v) is 10.3. The number of fused-ring (bicyclic) bond motifs is 1. The molecular weight excluding hydrogens is 474 g/mol. The fourth-order valence-electron chi connectivity index (χ4n) is 4.66. The third kappa shape index (κ3) is 6.07. The number of rotatable bonds is 7. The number of hydrazone groups is 1. The quantitative estimate of drug-likeness (QED) is 0.617. The van der Waals surface area contributed by atoms with Gasteiger partial charge in [-0.05, 0) is 38.8 Å². The van der Waals surface area contributed by atoms with Crippen molar-refractivity contribution in [1.82, 2.24) is 20.2 Å². The van der Waals surface area contributed by atoms with E-state index in [2.05, 4.69) is 15.4 Å². The molecule has 1 fully saturated rings. The second-order valence-electron chi connectivity index (χ2n) is 10.3. The van der Waals surface area contributed by atoms with Crippen LogP contribution >= 0.6 is 0 Å². The number of pyridine rings is 1. The number of piperidine rings is 1. The molecule has 0 aliphatic carbocycles. The summed E-state index contributed by atoms with van der Waals surface area (Å²) in [7, 11) is 1.64. The highest BCUT2D eigenvalue weighted by Crippen LogP contribution is 2.38. The fourth-order valence-corrected chi connectivity index (χ4v) is 4.66. The first-order chi connectivity index (χ1) is 17.6. The lowest BCUT2D eigenvalue weighted by molar-refractivity contribution is -0.141. The number of alkyl carbamates (subject to hydrolysis) is 1. The molecule has 0 saturated carbocycles. The smallest absolute Gasteiger partial charge is 0.408 e. The number of aromatic nitrogens is 1. The largest absolute Gasteiger partial charge is 0.475 e. The summed E-state index contributed by atoms with van der Waals surface area (Å²) < 4.78 is 11.1. The SMILES string of the molecule is CN1N=C2CCN(C(=O)C(COc3ccccn3)NC(=O)OC(C)(C)C)C[C@@]2(Cc2ccccc2)C1=O. The third-order valence-electron chi connectivity index (χ3n) is 6.29. The van der Waals surface area contributed by atoms with E-state index in [0.29, 0.717) is 25.3 Å². The van der Waals surface area contributed by atoms with Crippen LogP contribution in [0.1, 0.15) is 32.8 Å². The first-order valence-corrected chi connectivity index (χ1v) is 12.3. The molecule has 0 bridgehead atoms. The summed E-state index contributed by atoms with van der Waals surface area (Å²) in [5.41, 5.74) is 0.0585. The van der Waals surface area contributed by atoms with Crippen LogP contribution in [0.3, 0.4) is 0 Å². The molecule has 196 valence electrons. The molecule has 0 spiro atoms. The first kappa shape index (κ1) is 26.1. The van der Waals surface area contributed by atoms with Crippen molar-refractivity contribution in [2.75, 3.05) is 26.7 Å². The molecule has 2 aliphatic rings. The van der Waals surface area contributed by atoms with Gasteiger partial charge in [-0.25, -0.2) is 14.8 Å². The molecular formula is C27H33N5O5. The van der Waals surface area contributed by atoms with E-state index < -0.39 is 23.2 Å². The molecule has 1 N–H and O–H groups in total. The number of carbonyl (C=O) groups excluding carboxylic acids is 3. The molecule has 1 aromatic heterocycles. The third-order valence-corrected chi connectivity index (χ3v) is 6.29. The summed E-state index contributed by atoms with van der Waals surface area (Å²) in [6.07, 6.45) is 1.72. The molecule has 10 heteroatoms. The highest BCUT2D eigenvalue weighted by Gasteiger charge is 2.54. The van der Waals surface area contributed by atoms with Gasteiger partial charge in [-0.1, -0.05) is 36.4 Å². The predicted octanol–water partition coefficient (Wildman–Crippen LogP) is 2.64. The van der Waals surface area contributed by atoms with E-state index in [-0.39, 0.29) is 25.0 Å². The maximum absolute atomic E-state index is 13.8. The number of benzene rings is 1. The number of hydrogen-bond acceptors (Lipinski definition) is 7. The topological polar surface area (TPSA) is 113 Å². The number of nitrogens with zero attached hydrogens (tertiary/aromatic N) is 4. The van der Waals surface area contributed by atoms with Crippen LogP contribution in [-0.4, -0.2) is 76.9 Å². The maximum atomic E-state index is 13.8. The van der Waals surface area contributed by atoms with Crippen LogP contribution in [0, 0.1) is 5.41 Å². The van der Waals surface area contributed by atoms with Crippen LogP contribution in [0.15, 0.2) is 59.8 Å². The van der Waals surface area contributed by atoms with E-state index in [9.17, 15) is 14.4 Å². The molecule has 0 radical (unpaired) electrons. The zero-order chi connectivity index (χ0) is 26.6. The van der Waals surface area contributed by atoms with Gasteiger partial charge in [-0.3, -0.25) is 9.59 Å². The number of hydrogen-bond donors (Lipinski definition) is 1. The van der Waals surface area contributed by atoms with Crippen molar-refractivity contribution in [3.63, 3.8) is 0 Å². The van der Waals surface area contributed by atoms with Crippen LogP contribution in [0.25, 0.3) is 0 Å². The predicted molar refractivity (Wildman–Crippen MR) is 137 cm³/mol. The molecule has 1 saturated heterocycles. The number of nitrogens with one attached hydrogen (secondary N) is 1. The number of ether oxygens (including phenoxy) is 2. The van der Waals surface area contributed by atoms with Crippen molar-refractivity contribution >= 4 is 23.6 Å². The minimum Gasteiger partial charge on any atom is -0.475 e. The number of likely N-dealkylation sites (tertiary alicyclic amines) is 1. The van der Waals surface area contributed by atoms with Crippen molar-refractivity contribution in [1.29, 1.82) is 0 Å². The minimum atomic E-state index is -1.04. The molecule has 1 unspecified atom stereocenters. The van der Waals surface area contributed by atoms with Crippen molar-refractivity contribution in [3.05, 3.63) is 60.3 Å². The zero-order valence-corrected chi connectivity index (χ0v) is 21.6. The van der Waals surface area contributed by atoms with Crippen molar-refractivity contribution < 1.29 is 23.9 Å². The van der Waals surface area contributed by atoms with Gasteiger partial charge < -0.3 is 19.7 Å². The lowest BCUT2D eigenvalue weighted by atomic mass is 9.73. The Hall–Kier alpha value is -3.95. The monoisotopic (exact) mass is 507 g/mol. The summed E-state index contributed by atoms with van der Waals surface area (Å²) in [4.78, 5) is 45.5. The normalized spacial score (nSPS) is 20.1. The van der Waals surface area contributed by atoms with Gasteiger partial charge in [-0.15, -0.1) is 0 Å². The van der Waals surface area contributed by atoms with Gasteiger partial charge in [0.15, 0.2) is 0 Å². The number of carbonyl (C=O) groups is 3. The van der Waals surface area contributed by atoms with Crippen LogP contribution < -0.4 is 10.1 Å². The summed E-state index contributed by atoms with van der Waals surface area (Å²) in [6, 6.07) is 13.8. The van der Waals surface area contributed by atoms with Gasteiger partial charge in [0.05, 0.1) is 5.71 Å².